The smallest absolute Gasteiger partial charge is 0.273 e. The fourth-order valence-electron chi connectivity index (χ4n) is 2.81. The molecule has 1 atom stereocenters. The number of nitrogens with two attached hydrogens (primary N) is 1. The SMILES string of the molecule is CC[C@](C)(NC(=O)c1nn(Cc2ccc(F)cc2)c2ccccc12)C(N)=O. The number of fused-ring (bicyclic) bond motifs is 1. The Balaban J connectivity index is 1.98. The van der Waals surface area contributed by atoms with Crippen molar-refractivity contribution in [2.24, 2.45) is 5.73 Å². The standard InChI is InChI=1S/C20H21FN4O2/c1-3-20(2,19(22)27)23-18(26)17-15-6-4-5-7-16(15)25(24-17)12-13-8-10-14(21)11-9-13/h4-11H,3,12H2,1-2H3,(H2,22,27)(H,23,26)/t20-/m0/s1. The summed E-state index contributed by atoms with van der Waals surface area (Å²) in [6.45, 7) is 3.75. The first-order valence-electron chi connectivity index (χ1n) is 8.66. The molecule has 1 heterocycles. The van der Waals surface area contributed by atoms with Crippen molar-refractivity contribution in [3.05, 3.63) is 65.6 Å². The number of para-hydroxylation sites is 1. The minimum atomic E-state index is -1.15. The Hall–Kier alpha value is -3.22. The maximum atomic E-state index is 13.1. The van der Waals surface area contributed by atoms with E-state index in [-0.39, 0.29) is 11.5 Å². The lowest BCUT2D eigenvalue weighted by Gasteiger charge is -2.25. The lowest BCUT2D eigenvalue weighted by molar-refractivity contribution is -0.123. The summed E-state index contributed by atoms with van der Waals surface area (Å²) in [5.74, 6) is -1.38. The van der Waals surface area contributed by atoms with Crippen LogP contribution in [0.3, 0.4) is 0 Å². The lowest BCUT2D eigenvalue weighted by atomic mass is 9.98. The fraction of sp³-hybridized carbons (Fsp3) is 0.250. The van der Waals surface area contributed by atoms with Gasteiger partial charge in [-0.25, -0.2) is 4.39 Å². The van der Waals surface area contributed by atoms with Gasteiger partial charge in [-0.3, -0.25) is 14.3 Å². The average molecular weight is 368 g/mol. The quantitative estimate of drug-likeness (QED) is 0.701. The van der Waals surface area contributed by atoms with E-state index in [1.165, 1.54) is 12.1 Å². The highest BCUT2D eigenvalue weighted by molar-refractivity contribution is 6.06. The van der Waals surface area contributed by atoms with Crippen molar-refractivity contribution < 1.29 is 14.0 Å². The maximum absolute atomic E-state index is 13.1. The number of amides is 2. The van der Waals surface area contributed by atoms with Crippen molar-refractivity contribution in [3.8, 4) is 0 Å². The number of benzene rings is 2. The van der Waals surface area contributed by atoms with Crippen molar-refractivity contribution in [3.63, 3.8) is 0 Å². The molecule has 2 amide bonds. The maximum Gasteiger partial charge on any atom is 0.273 e. The number of halogens is 1. The highest BCUT2D eigenvalue weighted by atomic mass is 19.1. The van der Waals surface area contributed by atoms with Gasteiger partial charge in [0.2, 0.25) is 5.91 Å². The summed E-state index contributed by atoms with van der Waals surface area (Å²) < 4.78 is 14.8. The number of aromatic nitrogens is 2. The van der Waals surface area contributed by atoms with Crippen LogP contribution in [0, 0.1) is 5.82 Å². The second-order valence-corrected chi connectivity index (χ2v) is 6.65. The zero-order valence-corrected chi connectivity index (χ0v) is 15.2. The zero-order valence-electron chi connectivity index (χ0n) is 15.2. The van der Waals surface area contributed by atoms with Crippen LogP contribution >= 0.6 is 0 Å². The van der Waals surface area contributed by atoms with Crippen molar-refractivity contribution in [2.45, 2.75) is 32.4 Å². The van der Waals surface area contributed by atoms with Gasteiger partial charge in [-0.2, -0.15) is 5.10 Å². The lowest BCUT2D eigenvalue weighted by Crippen LogP contribution is -2.55. The summed E-state index contributed by atoms with van der Waals surface area (Å²) in [6.07, 6.45) is 0.363. The van der Waals surface area contributed by atoms with Gasteiger partial charge in [-0.05, 0) is 37.1 Å². The molecular weight excluding hydrogens is 347 g/mol. The Kier molecular flexibility index (Phi) is 4.94. The number of nitrogens with one attached hydrogen (secondary N) is 1. The van der Waals surface area contributed by atoms with E-state index in [1.807, 2.05) is 18.2 Å². The minimum absolute atomic E-state index is 0.216. The molecule has 6 nitrogen and oxygen atoms in total. The van der Waals surface area contributed by atoms with Crippen LogP contribution in [-0.2, 0) is 11.3 Å². The molecule has 2 aromatic carbocycles. The van der Waals surface area contributed by atoms with E-state index in [1.54, 1.807) is 36.7 Å². The van der Waals surface area contributed by atoms with Gasteiger partial charge >= 0.3 is 0 Å². The first kappa shape index (κ1) is 18.6. The molecule has 0 saturated heterocycles. The normalized spacial score (nSPS) is 13.3. The van der Waals surface area contributed by atoms with E-state index in [4.69, 9.17) is 5.73 Å². The second-order valence-electron chi connectivity index (χ2n) is 6.65. The molecule has 0 aliphatic carbocycles. The zero-order chi connectivity index (χ0) is 19.6. The van der Waals surface area contributed by atoms with Crippen molar-refractivity contribution in [1.82, 2.24) is 15.1 Å². The van der Waals surface area contributed by atoms with Crippen LogP contribution in [-0.4, -0.2) is 27.1 Å². The summed E-state index contributed by atoms with van der Waals surface area (Å²) in [7, 11) is 0. The molecule has 3 N–H and O–H groups in total. The van der Waals surface area contributed by atoms with Crippen molar-refractivity contribution >= 4 is 22.7 Å². The largest absolute Gasteiger partial charge is 0.368 e. The van der Waals surface area contributed by atoms with E-state index < -0.39 is 17.4 Å². The van der Waals surface area contributed by atoms with E-state index >= 15 is 0 Å². The summed E-state index contributed by atoms with van der Waals surface area (Å²) >= 11 is 0. The van der Waals surface area contributed by atoms with Crippen molar-refractivity contribution in [2.75, 3.05) is 0 Å². The van der Waals surface area contributed by atoms with E-state index in [9.17, 15) is 14.0 Å². The topological polar surface area (TPSA) is 90.0 Å². The third kappa shape index (κ3) is 3.67. The van der Waals surface area contributed by atoms with Gasteiger partial charge in [0.15, 0.2) is 5.69 Å². The Labute approximate surface area is 156 Å². The number of carbonyl (C=O) groups excluding carboxylic acids is 2. The molecular formula is C20H21FN4O2. The van der Waals surface area contributed by atoms with Crippen LogP contribution in [0.4, 0.5) is 4.39 Å². The molecule has 0 fully saturated rings. The van der Waals surface area contributed by atoms with E-state index in [0.717, 1.165) is 11.1 Å². The number of primary amides is 1. The molecule has 0 bridgehead atoms. The summed E-state index contributed by atoms with van der Waals surface area (Å²) in [5.41, 5.74) is 6.11. The number of nitrogens with zero attached hydrogens (tertiary/aromatic N) is 2. The van der Waals surface area contributed by atoms with E-state index in [2.05, 4.69) is 10.4 Å². The molecule has 27 heavy (non-hydrogen) atoms. The molecule has 0 spiro atoms. The van der Waals surface area contributed by atoms with Gasteiger partial charge in [0.05, 0.1) is 12.1 Å². The predicted octanol–water partition coefficient (Wildman–Crippen LogP) is 2.61. The summed E-state index contributed by atoms with van der Waals surface area (Å²) in [4.78, 5) is 24.5. The molecule has 140 valence electrons. The third-order valence-corrected chi connectivity index (χ3v) is 4.76. The van der Waals surface area contributed by atoms with Crippen LogP contribution in [0.2, 0.25) is 0 Å². The number of hydrogen-bond donors (Lipinski definition) is 2. The molecule has 7 heteroatoms. The van der Waals surface area contributed by atoms with Crippen LogP contribution in [0.15, 0.2) is 48.5 Å². The number of carbonyl (C=O) groups is 2. The Bertz CT molecular complexity index is 997. The molecule has 0 radical (unpaired) electrons. The Morgan fingerprint density at radius 2 is 1.85 bits per heavy atom. The molecule has 0 aliphatic heterocycles. The first-order valence-corrected chi connectivity index (χ1v) is 8.66. The van der Waals surface area contributed by atoms with Crippen LogP contribution in [0.5, 0.6) is 0 Å². The Morgan fingerprint density at radius 3 is 2.48 bits per heavy atom. The van der Waals surface area contributed by atoms with Crippen molar-refractivity contribution in [1.29, 1.82) is 0 Å². The third-order valence-electron chi connectivity index (χ3n) is 4.76. The Morgan fingerprint density at radius 1 is 1.19 bits per heavy atom. The van der Waals surface area contributed by atoms with E-state index in [0.29, 0.717) is 18.4 Å². The van der Waals surface area contributed by atoms with Gasteiger partial charge < -0.3 is 11.1 Å². The van der Waals surface area contributed by atoms with Gasteiger partial charge in [-0.15, -0.1) is 0 Å². The first-order chi connectivity index (χ1) is 12.8. The molecule has 0 unspecified atom stereocenters. The fourth-order valence-corrected chi connectivity index (χ4v) is 2.81. The highest BCUT2D eigenvalue weighted by Crippen LogP contribution is 2.21. The summed E-state index contributed by atoms with van der Waals surface area (Å²) in [6, 6.07) is 13.4. The van der Waals surface area contributed by atoms with Gasteiger partial charge in [0.1, 0.15) is 11.4 Å². The molecule has 0 saturated carbocycles. The van der Waals surface area contributed by atoms with Gasteiger partial charge in [0.25, 0.3) is 5.91 Å². The van der Waals surface area contributed by atoms with Gasteiger partial charge in [0, 0.05) is 5.39 Å². The minimum Gasteiger partial charge on any atom is -0.368 e. The van der Waals surface area contributed by atoms with Gasteiger partial charge in [-0.1, -0.05) is 37.3 Å². The monoisotopic (exact) mass is 368 g/mol. The second kappa shape index (κ2) is 7.19. The predicted molar refractivity (Wildman–Crippen MR) is 101 cm³/mol. The van der Waals surface area contributed by atoms with Crippen LogP contribution in [0.1, 0.15) is 36.3 Å². The molecule has 0 aliphatic rings. The van der Waals surface area contributed by atoms with Crippen LogP contribution in [0.25, 0.3) is 10.9 Å². The number of rotatable bonds is 6. The molecule has 3 aromatic rings. The van der Waals surface area contributed by atoms with Crippen LogP contribution < -0.4 is 11.1 Å². The number of hydrogen-bond acceptors (Lipinski definition) is 3. The molecule has 3 rings (SSSR count). The summed E-state index contributed by atoms with van der Waals surface area (Å²) in [5, 5.41) is 7.81. The molecule has 1 aromatic heterocycles. The highest BCUT2D eigenvalue weighted by Gasteiger charge is 2.32. The average Bonchev–Trinajstić information content (AvgIpc) is 3.02.